The summed E-state index contributed by atoms with van der Waals surface area (Å²) in [6.07, 6.45) is 0.433. The Bertz CT molecular complexity index is 495. The second kappa shape index (κ2) is 7.11. The number of benzene rings is 1. The van der Waals surface area contributed by atoms with Gasteiger partial charge in [-0.3, -0.25) is 14.6 Å². The van der Waals surface area contributed by atoms with E-state index in [-0.39, 0.29) is 5.91 Å². The zero-order valence-corrected chi connectivity index (χ0v) is 13.3. The average molecular weight is 303 g/mol. The lowest BCUT2D eigenvalue weighted by Gasteiger charge is -2.47. The Morgan fingerprint density at radius 2 is 1.95 bits per heavy atom. The molecule has 1 unspecified atom stereocenters. The van der Waals surface area contributed by atoms with Crippen molar-refractivity contribution in [3.63, 3.8) is 0 Å². The SMILES string of the molecule is CCOc1ccc(CC(=O)NCC2CN3CCN2CC3)cc1. The number of amides is 1. The second-order valence-corrected chi connectivity index (χ2v) is 6.05. The number of carbonyl (C=O) groups excluding carboxylic acids is 1. The molecule has 1 atom stereocenters. The van der Waals surface area contributed by atoms with Gasteiger partial charge in [0.05, 0.1) is 13.0 Å². The van der Waals surface area contributed by atoms with Gasteiger partial charge in [0.25, 0.3) is 0 Å². The van der Waals surface area contributed by atoms with Gasteiger partial charge in [-0.05, 0) is 24.6 Å². The fourth-order valence-electron chi connectivity index (χ4n) is 3.27. The molecule has 0 spiro atoms. The number of nitrogens with zero attached hydrogens (tertiary/aromatic N) is 2. The molecule has 3 fully saturated rings. The van der Waals surface area contributed by atoms with E-state index in [1.165, 1.54) is 13.1 Å². The maximum Gasteiger partial charge on any atom is 0.224 e. The molecule has 3 aliphatic rings. The Morgan fingerprint density at radius 1 is 1.23 bits per heavy atom. The minimum Gasteiger partial charge on any atom is -0.494 e. The van der Waals surface area contributed by atoms with Crippen molar-refractivity contribution in [1.29, 1.82) is 0 Å². The van der Waals surface area contributed by atoms with E-state index in [1.807, 2.05) is 31.2 Å². The molecular formula is C17H25N3O2. The van der Waals surface area contributed by atoms with Crippen LogP contribution in [-0.2, 0) is 11.2 Å². The summed E-state index contributed by atoms with van der Waals surface area (Å²) in [6.45, 7) is 9.10. The van der Waals surface area contributed by atoms with E-state index in [1.54, 1.807) is 0 Å². The third-order valence-electron chi connectivity index (χ3n) is 4.53. The molecule has 0 saturated carbocycles. The van der Waals surface area contributed by atoms with Crippen molar-refractivity contribution in [2.75, 3.05) is 45.9 Å². The zero-order chi connectivity index (χ0) is 15.4. The third kappa shape index (κ3) is 3.78. The van der Waals surface area contributed by atoms with E-state index in [9.17, 15) is 4.79 Å². The molecule has 1 N–H and O–H groups in total. The normalized spacial score (nSPS) is 26.7. The molecule has 5 heteroatoms. The summed E-state index contributed by atoms with van der Waals surface area (Å²) in [7, 11) is 0. The molecule has 1 amide bonds. The first-order valence-electron chi connectivity index (χ1n) is 8.19. The van der Waals surface area contributed by atoms with Crippen molar-refractivity contribution < 1.29 is 9.53 Å². The number of piperazine rings is 3. The minimum absolute atomic E-state index is 0.0989. The van der Waals surface area contributed by atoms with E-state index in [4.69, 9.17) is 4.74 Å². The van der Waals surface area contributed by atoms with Gasteiger partial charge < -0.3 is 10.1 Å². The van der Waals surface area contributed by atoms with Gasteiger partial charge >= 0.3 is 0 Å². The Hall–Kier alpha value is -1.59. The summed E-state index contributed by atoms with van der Waals surface area (Å²) in [5.74, 6) is 0.952. The van der Waals surface area contributed by atoms with Crippen molar-refractivity contribution in [3.05, 3.63) is 29.8 Å². The fraction of sp³-hybridized carbons (Fsp3) is 0.588. The second-order valence-electron chi connectivity index (χ2n) is 6.05. The molecule has 2 bridgehead atoms. The van der Waals surface area contributed by atoms with Crippen LogP contribution in [0, 0.1) is 0 Å². The Morgan fingerprint density at radius 3 is 2.55 bits per heavy atom. The Kier molecular flexibility index (Phi) is 4.95. The number of hydrogen-bond donors (Lipinski definition) is 1. The first-order valence-corrected chi connectivity index (χ1v) is 8.19. The van der Waals surface area contributed by atoms with Gasteiger partial charge in [0.15, 0.2) is 0 Å². The fourth-order valence-corrected chi connectivity index (χ4v) is 3.27. The monoisotopic (exact) mass is 303 g/mol. The first-order chi connectivity index (χ1) is 10.7. The van der Waals surface area contributed by atoms with Crippen LogP contribution in [0.25, 0.3) is 0 Å². The van der Waals surface area contributed by atoms with Crippen LogP contribution >= 0.6 is 0 Å². The highest BCUT2D eigenvalue weighted by Crippen LogP contribution is 2.15. The maximum atomic E-state index is 12.1. The van der Waals surface area contributed by atoms with Gasteiger partial charge in [0, 0.05) is 45.3 Å². The largest absolute Gasteiger partial charge is 0.494 e. The van der Waals surface area contributed by atoms with Crippen molar-refractivity contribution in [3.8, 4) is 5.75 Å². The number of ether oxygens (including phenoxy) is 1. The number of nitrogens with one attached hydrogen (secondary N) is 1. The highest BCUT2D eigenvalue weighted by atomic mass is 16.5. The highest BCUT2D eigenvalue weighted by Gasteiger charge is 2.31. The molecule has 3 saturated heterocycles. The molecule has 3 aliphatic heterocycles. The minimum atomic E-state index is 0.0989. The van der Waals surface area contributed by atoms with E-state index in [0.29, 0.717) is 19.1 Å². The van der Waals surface area contributed by atoms with Crippen LogP contribution in [0.2, 0.25) is 0 Å². The summed E-state index contributed by atoms with van der Waals surface area (Å²) in [6, 6.07) is 8.24. The Balaban J connectivity index is 1.44. The molecule has 22 heavy (non-hydrogen) atoms. The number of fused-ring (bicyclic) bond motifs is 3. The third-order valence-corrected chi connectivity index (χ3v) is 4.53. The standard InChI is InChI=1S/C17H25N3O2/c1-2-22-16-5-3-14(4-6-16)11-17(21)18-12-15-13-19-7-9-20(15)10-8-19/h3-6,15H,2,7-13H2,1H3,(H,18,21). The molecule has 1 aromatic rings. The summed E-state index contributed by atoms with van der Waals surface area (Å²) < 4.78 is 5.41. The van der Waals surface area contributed by atoms with Crippen molar-refractivity contribution in [2.45, 2.75) is 19.4 Å². The van der Waals surface area contributed by atoms with Crippen LogP contribution in [0.15, 0.2) is 24.3 Å². The molecule has 0 radical (unpaired) electrons. The van der Waals surface area contributed by atoms with Crippen molar-refractivity contribution in [2.24, 2.45) is 0 Å². The van der Waals surface area contributed by atoms with E-state index >= 15 is 0 Å². The molecule has 120 valence electrons. The molecular weight excluding hydrogens is 278 g/mol. The number of hydrogen-bond acceptors (Lipinski definition) is 4. The molecule has 0 aromatic heterocycles. The van der Waals surface area contributed by atoms with Crippen LogP contribution in [0.3, 0.4) is 0 Å². The van der Waals surface area contributed by atoms with Crippen molar-refractivity contribution in [1.82, 2.24) is 15.1 Å². The highest BCUT2D eigenvalue weighted by molar-refractivity contribution is 5.78. The summed E-state index contributed by atoms with van der Waals surface area (Å²) in [4.78, 5) is 17.1. The predicted molar refractivity (Wildman–Crippen MR) is 86.1 cm³/mol. The topological polar surface area (TPSA) is 44.8 Å². The van der Waals surface area contributed by atoms with Crippen molar-refractivity contribution >= 4 is 5.91 Å². The smallest absolute Gasteiger partial charge is 0.224 e. The van der Waals surface area contributed by atoms with Crippen LogP contribution in [-0.4, -0.2) is 67.6 Å². The lowest BCUT2D eigenvalue weighted by molar-refractivity contribution is -0.121. The van der Waals surface area contributed by atoms with E-state index < -0.39 is 0 Å². The lowest BCUT2D eigenvalue weighted by Crippen LogP contribution is -2.63. The summed E-state index contributed by atoms with van der Waals surface area (Å²) in [5, 5.41) is 3.09. The molecule has 1 aromatic carbocycles. The predicted octanol–water partition coefficient (Wildman–Crippen LogP) is 0.744. The van der Waals surface area contributed by atoms with Crippen LogP contribution < -0.4 is 10.1 Å². The van der Waals surface area contributed by atoms with Gasteiger partial charge in [-0.15, -0.1) is 0 Å². The quantitative estimate of drug-likeness (QED) is 0.842. The first kappa shape index (κ1) is 15.3. The maximum absolute atomic E-state index is 12.1. The summed E-state index contributed by atoms with van der Waals surface area (Å²) in [5.41, 5.74) is 1.02. The van der Waals surface area contributed by atoms with Crippen LogP contribution in [0.5, 0.6) is 5.75 Å². The average Bonchev–Trinajstić information content (AvgIpc) is 2.56. The van der Waals surface area contributed by atoms with Crippen LogP contribution in [0.1, 0.15) is 12.5 Å². The Labute approximate surface area is 132 Å². The molecule has 3 heterocycles. The van der Waals surface area contributed by atoms with E-state index in [0.717, 1.165) is 37.5 Å². The molecule has 5 nitrogen and oxygen atoms in total. The molecule has 0 aliphatic carbocycles. The van der Waals surface area contributed by atoms with E-state index in [2.05, 4.69) is 15.1 Å². The van der Waals surface area contributed by atoms with Gasteiger partial charge in [-0.1, -0.05) is 12.1 Å². The number of carbonyl (C=O) groups is 1. The number of rotatable bonds is 6. The van der Waals surface area contributed by atoms with Gasteiger partial charge in [-0.25, -0.2) is 0 Å². The van der Waals surface area contributed by atoms with Gasteiger partial charge in [0.1, 0.15) is 5.75 Å². The summed E-state index contributed by atoms with van der Waals surface area (Å²) >= 11 is 0. The zero-order valence-electron chi connectivity index (χ0n) is 13.3. The van der Waals surface area contributed by atoms with Gasteiger partial charge in [0.2, 0.25) is 5.91 Å². The van der Waals surface area contributed by atoms with Crippen LogP contribution in [0.4, 0.5) is 0 Å². The lowest BCUT2D eigenvalue weighted by atomic mass is 10.1. The van der Waals surface area contributed by atoms with Gasteiger partial charge in [-0.2, -0.15) is 0 Å². The molecule has 4 rings (SSSR count).